The Labute approximate surface area is 256 Å². The third kappa shape index (κ3) is 12.9. The van der Waals surface area contributed by atoms with Gasteiger partial charge in [0.1, 0.15) is 24.3 Å². The van der Waals surface area contributed by atoms with Crippen LogP contribution in [-0.2, 0) is 41.6 Å². The Morgan fingerprint density at radius 3 is 1.84 bits per heavy atom. The van der Waals surface area contributed by atoms with E-state index in [4.69, 9.17) is 14.2 Å². The van der Waals surface area contributed by atoms with Crippen LogP contribution in [0.4, 0.5) is 4.79 Å². The first-order valence-corrected chi connectivity index (χ1v) is 14.9. The van der Waals surface area contributed by atoms with E-state index < -0.39 is 47.7 Å². The highest BCUT2D eigenvalue weighted by Crippen LogP contribution is 2.19. The molecular formula is C34H48N2O7. The zero-order valence-corrected chi connectivity index (χ0v) is 26.8. The average Bonchev–Trinajstić information content (AvgIpc) is 2.92. The van der Waals surface area contributed by atoms with Gasteiger partial charge in [0.25, 0.3) is 5.91 Å². The minimum Gasteiger partial charge on any atom is -0.459 e. The predicted molar refractivity (Wildman–Crippen MR) is 165 cm³/mol. The van der Waals surface area contributed by atoms with Crippen LogP contribution < -0.4 is 5.32 Å². The van der Waals surface area contributed by atoms with Gasteiger partial charge in [0.05, 0.1) is 0 Å². The highest BCUT2D eigenvalue weighted by atomic mass is 16.6. The SMILES string of the molecule is CC(C)C[C@H](NC(=O)OC(C)(C)C)C(=O)O[C@@H](CC(C)C)C(=O)N(C)[C@@H](Cc1ccccc1)C(=O)OCc1ccccc1. The van der Waals surface area contributed by atoms with Gasteiger partial charge in [-0.2, -0.15) is 0 Å². The first kappa shape index (κ1) is 35.3. The largest absolute Gasteiger partial charge is 0.459 e. The average molecular weight is 597 g/mol. The molecule has 2 aromatic carbocycles. The number of nitrogens with one attached hydrogen (secondary N) is 1. The van der Waals surface area contributed by atoms with Gasteiger partial charge < -0.3 is 24.4 Å². The molecule has 43 heavy (non-hydrogen) atoms. The van der Waals surface area contributed by atoms with Crippen molar-refractivity contribution in [3.63, 3.8) is 0 Å². The van der Waals surface area contributed by atoms with Crippen LogP contribution in [0.2, 0.25) is 0 Å². The van der Waals surface area contributed by atoms with Crippen molar-refractivity contribution in [1.82, 2.24) is 10.2 Å². The standard InChI is InChI=1S/C34H48N2O7/c1-23(2)19-27(35-33(40)43-34(5,6)7)31(38)42-29(20-24(3)4)30(37)36(8)28(21-25-15-11-9-12-16-25)32(39)41-22-26-17-13-10-14-18-26/h9-18,23-24,27-29H,19-22H2,1-8H3,(H,35,40)/t27-,28-,29-/m0/s1. The Morgan fingerprint density at radius 2 is 1.33 bits per heavy atom. The van der Waals surface area contributed by atoms with Crippen molar-refractivity contribution < 1.29 is 33.4 Å². The molecule has 0 saturated heterocycles. The van der Waals surface area contributed by atoms with Crippen molar-refractivity contribution in [2.45, 2.75) is 98.1 Å². The molecule has 0 aliphatic rings. The van der Waals surface area contributed by atoms with Gasteiger partial charge in [-0.05, 0) is 56.6 Å². The van der Waals surface area contributed by atoms with Crippen LogP contribution in [0.3, 0.4) is 0 Å². The third-order valence-electron chi connectivity index (χ3n) is 6.48. The van der Waals surface area contributed by atoms with Gasteiger partial charge in [-0.15, -0.1) is 0 Å². The van der Waals surface area contributed by atoms with E-state index in [-0.39, 0.29) is 31.3 Å². The number of amides is 2. The maximum Gasteiger partial charge on any atom is 0.408 e. The van der Waals surface area contributed by atoms with Crippen LogP contribution in [0.25, 0.3) is 0 Å². The fraction of sp³-hybridized carbons (Fsp3) is 0.529. The van der Waals surface area contributed by atoms with E-state index in [0.29, 0.717) is 6.42 Å². The molecule has 0 bridgehead atoms. The van der Waals surface area contributed by atoms with E-state index >= 15 is 0 Å². The summed E-state index contributed by atoms with van der Waals surface area (Å²) in [5.41, 5.74) is 0.918. The lowest BCUT2D eigenvalue weighted by Gasteiger charge is -2.31. The number of carbonyl (C=O) groups excluding carboxylic acids is 4. The van der Waals surface area contributed by atoms with Gasteiger partial charge in [-0.25, -0.2) is 14.4 Å². The fourth-order valence-corrected chi connectivity index (χ4v) is 4.41. The van der Waals surface area contributed by atoms with Crippen molar-refractivity contribution in [3.05, 3.63) is 71.8 Å². The first-order chi connectivity index (χ1) is 20.2. The van der Waals surface area contributed by atoms with E-state index in [2.05, 4.69) is 5.32 Å². The molecule has 9 nitrogen and oxygen atoms in total. The Morgan fingerprint density at radius 1 is 0.791 bits per heavy atom. The van der Waals surface area contributed by atoms with Crippen molar-refractivity contribution in [2.75, 3.05) is 7.05 Å². The first-order valence-electron chi connectivity index (χ1n) is 14.9. The second-order valence-corrected chi connectivity index (χ2v) is 12.6. The molecule has 0 unspecified atom stereocenters. The number of nitrogens with zero attached hydrogens (tertiary/aromatic N) is 1. The maximum atomic E-state index is 13.9. The third-order valence-corrected chi connectivity index (χ3v) is 6.48. The van der Waals surface area contributed by atoms with Crippen LogP contribution >= 0.6 is 0 Å². The van der Waals surface area contributed by atoms with E-state index in [9.17, 15) is 19.2 Å². The van der Waals surface area contributed by atoms with Crippen molar-refractivity contribution in [3.8, 4) is 0 Å². The number of benzene rings is 2. The summed E-state index contributed by atoms with van der Waals surface area (Å²) < 4.78 is 16.8. The monoisotopic (exact) mass is 596 g/mol. The molecule has 0 radical (unpaired) electrons. The summed E-state index contributed by atoms with van der Waals surface area (Å²) in [7, 11) is 1.52. The van der Waals surface area contributed by atoms with Gasteiger partial charge in [0, 0.05) is 13.5 Å². The number of rotatable bonds is 14. The summed E-state index contributed by atoms with van der Waals surface area (Å²) in [6.07, 6.45) is -1.18. The molecule has 2 aromatic rings. The molecule has 3 atom stereocenters. The number of alkyl carbamates (subject to hydrolysis) is 1. The Hall–Kier alpha value is -3.88. The predicted octanol–water partition coefficient (Wildman–Crippen LogP) is 5.70. The molecule has 0 aliphatic heterocycles. The number of hydrogen-bond acceptors (Lipinski definition) is 7. The quantitative estimate of drug-likeness (QED) is 0.220. The van der Waals surface area contributed by atoms with E-state index in [1.54, 1.807) is 20.8 Å². The number of ether oxygens (including phenoxy) is 3. The van der Waals surface area contributed by atoms with Crippen LogP contribution in [0.15, 0.2) is 60.7 Å². The number of carbonyl (C=O) groups is 4. The molecule has 1 N–H and O–H groups in total. The Bertz CT molecular complexity index is 1180. The number of likely N-dealkylation sites (N-methyl/N-ethyl adjacent to an activating group) is 1. The lowest BCUT2D eigenvalue weighted by molar-refractivity contribution is -0.167. The van der Waals surface area contributed by atoms with Gasteiger partial charge in [-0.3, -0.25) is 4.79 Å². The molecule has 2 rings (SSSR count). The zero-order valence-electron chi connectivity index (χ0n) is 26.8. The van der Waals surface area contributed by atoms with Gasteiger partial charge in [-0.1, -0.05) is 88.4 Å². The van der Waals surface area contributed by atoms with Crippen LogP contribution in [0, 0.1) is 11.8 Å². The minimum absolute atomic E-state index is 0.00452. The molecule has 0 aliphatic carbocycles. The summed E-state index contributed by atoms with van der Waals surface area (Å²) in [5.74, 6) is -1.79. The van der Waals surface area contributed by atoms with Crippen LogP contribution in [-0.4, -0.2) is 59.7 Å². The Balaban J connectivity index is 2.28. The fourth-order valence-electron chi connectivity index (χ4n) is 4.41. The van der Waals surface area contributed by atoms with E-state index in [1.807, 2.05) is 88.4 Å². The van der Waals surface area contributed by atoms with Gasteiger partial charge in [0.15, 0.2) is 6.10 Å². The van der Waals surface area contributed by atoms with Crippen molar-refractivity contribution in [2.24, 2.45) is 11.8 Å². The molecule has 0 aromatic heterocycles. The highest BCUT2D eigenvalue weighted by Gasteiger charge is 2.36. The molecule has 0 heterocycles. The Kier molecular flexibility index (Phi) is 13.7. The lowest BCUT2D eigenvalue weighted by atomic mass is 10.0. The molecule has 2 amide bonds. The zero-order chi connectivity index (χ0) is 32.2. The van der Waals surface area contributed by atoms with E-state index in [1.165, 1.54) is 11.9 Å². The maximum absolute atomic E-state index is 13.9. The molecule has 236 valence electrons. The molecule has 0 spiro atoms. The number of hydrogen-bond donors (Lipinski definition) is 1. The smallest absolute Gasteiger partial charge is 0.408 e. The number of esters is 2. The second-order valence-electron chi connectivity index (χ2n) is 12.6. The van der Waals surface area contributed by atoms with E-state index in [0.717, 1.165) is 11.1 Å². The summed E-state index contributed by atoms with van der Waals surface area (Å²) in [6.45, 7) is 12.9. The summed E-state index contributed by atoms with van der Waals surface area (Å²) in [5, 5.41) is 2.60. The summed E-state index contributed by atoms with van der Waals surface area (Å²) in [4.78, 5) is 54.5. The lowest BCUT2D eigenvalue weighted by Crippen LogP contribution is -2.51. The van der Waals surface area contributed by atoms with Gasteiger partial charge >= 0.3 is 18.0 Å². The van der Waals surface area contributed by atoms with Crippen LogP contribution in [0.5, 0.6) is 0 Å². The molecular weight excluding hydrogens is 548 g/mol. The second kappa shape index (κ2) is 16.7. The molecule has 9 heteroatoms. The molecule has 0 saturated carbocycles. The topological polar surface area (TPSA) is 111 Å². The minimum atomic E-state index is -1.17. The summed E-state index contributed by atoms with van der Waals surface area (Å²) in [6, 6.07) is 16.7. The molecule has 0 fully saturated rings. The van der Waals surface area contributed by atoms with Crippen molar-refractivity contribution >= 4 is 23.9 Å². The highest BCUT2D eigenvalue weighted by molar-refractivity contribution is 5.89. The summed E-state index contributed by atoms with van der Waals surface area (Å²) >= 11 is 0. The van der Waals surface area contributed by atoms with Crippen LogP contribution in [0.1, 0.15) is 72.4 Å². The van der Waals surface area contributed by atoms with Gasteiger partial charge in [0.2, 0.25) is 0 Å². The van der Waals surface area contributed by atoms with Crippen molar-refractivity contribution in [1.29, 1.82) is 0 Å². The normalized spacial score (nSPS) is 13.5.